The van der Waals surface area contributed by atoms with Crippen LogP contribution >= 0.6 is 8.46 Å². The van der Waals surface area contributed by atoms with Crippen LogP contribution in [0.25, 0.3) is 0 Å². The van der Waals surface area contributed by atoms with Crippen LogP contribution in [0.4, 0.5) is 0 Å². The Hall–Kier alpha value is -1.25. The van der Waals surface area contributed by atoms with E-state index >= 15 is 0 Å². The minimum absolute atomic E-state index is 0.350. The number of rotatable bonds is 4. The minimum Gasteiger partial charge on any atom is -0.477 e. The normalized spacial score (nSPS) is 14.9. The highest BCUT2D eigenvalue weighted by atomic mass is 31.1. The van der Waals surface area contributed by atoms with Crippen LogP contribution in [0.15, 0.2) is 30.3 Å². The van der Waals surface area contributed by atoms with Gasteiger partial charge in [0, 0.05) is 5.56 Å². The van der Waals surface area contributed by atoms with E-state index in [0.29, 0.717) is 5.56 Å². The lowest BCUT2D eigenvalue weighted by Crippen LogP contribution is -2.33. The minimum atomic E-state index is -1.68. The number of aliphatic hydroxyl groups excluding tert-OH is 1. The summed E-state index contributed by atoms with van der Waals surface area (Å²) in [4.78, 5) is 10.9. The molecule has 4 nitrogen and oxygen atoms in total. The second-order valence-corrected chi connectivity index (χ2v) is 3.89. The molecule has 0 fully saturated rings. The molecule has 74 valence electrons. The molecule has 0 aliphatic rings. The van der Waals surface area contributed by atoms with Gasteiger partial charge in [0.2, 0.25) is 0 Å². The van der Waals surface area contributed by atoms with Gasteiger partial charge in [0.15, 0.2) is 0 Å². The molecule has 0 saturated carbocycles. The van der Waals surface area contributed by atoms with Crippen molar-refractivity contribution in [2.45, 2.75) is 5.16 Å². The lowest BCUT2D eigenvalue weighted by molar-refractivity contribution is -0.141. The van der Waals surface area contributed by atoms with Crippen LogP contribution in [-0.4, -0.2) is 22.8 Å². The number of aliphatic hydroxyl groups is 1. The van der Waals surface area contributed by atoms with Crippen molar-refractivity contribution in [2.24, 2.45) is 0 Å². The van der Waals surface area contributed by atoms with E-state index in [1.807, 2.05) is 0 Å². The first-order chi connectivity index (χ1) is 6.67. The van der Waals surface area contributed by atoms with Crippen LogP contribution in [0.1, 0.15) is 5.56 Å². The fourth-order valence-corrected chi connectivity index (χ4v) is 1.58. The topological polar surface area (TPSA) is 74.6 Å². The van der Waals surface area contributed by atoms with Gasteiger partial charge in [-0.3, -0.25) is 0 Å². The molecule has 1 aromatic rings. The van der Waals surface area contributed by atoms with Crippen molar-refractivity contribution in [1.29, 1.82) is 0 Å². The summed E-state index contributed by atoms with van der Waals surface area (Å²) < 4.78 is 10.9. The Kier molecular flexibility index (Phi) is 3.33. The summed E-state index contributed by atoms with van der Waals surface area (Å²) in [6, 6.07) is 8.08. The molecule has 0 spiro atoms. The molecule has 2 N–H and O–H groups in total. The Bertz CT molecular complexity index is 338. The monoisotopic (exact) mass is 213 g/mol. The predicted molar refractivity (Wildman–Crippen MR) is 51.8 cm³/mol. The third-order valence-corrected chi connectivity index (χ3v) is 3.05. The number of carbonyl (C=O) groups is 1. The summed E-state index contributed by atoms with van der Waals surface area (Å²) >= 11 is 0. The fraction of sp³-hybridized carbons (Fsp3) is 0.222. The Morgan fingerprint density at radius 3 is 2.29 bits per heavy atom. The number of hydrogen-bond acceptors (Lipinski definition) is 3. The first kappa shape index (κ1) is 10.8. The molecular formula is C9H10O4P+. The summed E-state index contributed by atoms with van der Waals surface area (Å²) in [7, 11) is -1.12. The van der Waals surface area contributed by atoms with Crippen molar-refractivity contribution in [3.05, 3.63) is 35.9 Å². The van der Waals surface area contributed by atoms with Crippen molar-refractivity contribution in [2.75, 3.05) is 6.61 Å². The van der Waals surface area contributed by atoms with Gasteiger partial charge >= 0.3 is 19.6 Å². The SMILES string of the molecule is O=[PH+]C(CO)(C(=O)O)c1ccccc1. The fourth-order valence-electron chi connectivity index (χ4n) is 1.14. The van der Waals surface area contributed by atoms with Crippen molar-refractivity contribution in [3.8, 4) is 0 Å². The van der Waals surface area contributed by atoms with Crippen LogP contribution < -0.4 is 0 Å². The first-order valence-corrected chi connectivity index (χ1v) is 4.87. The second-order valence-electron chi connectivity index (χ2n) is 2.84. The molecule has 0 bridgehead atoms. The summed E-state index contributed by atoms with van der Waals surface area (Å²) in [5.74, 6) is -1.28. The third-order valence-electron chi connectivity index (χ3n) is 2.04. The number of hydrogen-bond donors (Lipinski definition) is 2. The third kappa shape index (κ3) is 1.67. The molecule has 0 heterocycles. The van der Waals surface area contributed by atoms with E-state index in [1.54, 1.807) is 18.2 Å². The van der Waals surface area contributed by atoms with E-state index in [-0.39, 0.29) is 0 Å². The Morgan fingerprint density at radius 2 is 1.93 bits per heavy atom. The molecule has 0 aliphatic heterocycles. The van der Waals surface area contributed by atoms with Crippen molar-refractivity contribution < 1.29 is 19.6 Å². The lowest BCUT2D eigenvalue weighted by atomic mass is 9.99. The van der Waals surface area contributed by atoms with Gasteiger partial charge in [0.05, 0.1) is 0 Å². The van der Waals surface area contributed by atoms with E-state index in [1.165, 1.54) is 12.1 Å². The van der Waals surface area contributed by atoms with Crippen LogP contribution in [0, 0.1) is 0 Å². The predicted octanol–water partition coefficient (Wildman–Crippen LogP) is 0.983. The zero-order chi connectivity index (χ0) is 10.6. The summed E-state index contributed by atoms with van der Waals surface area (Å²) in [5.41, 5.74) is 0.350. The van der Waals surface area contributed by atoms with Crippen LogP contribution in [0.3, 0.4) is 0 Å². The van der Waals surface area contributed by atoms with Crippen molar-refractivity contribution in [3.63, 3.8) is 0 Å². The molecule has 0 aromatic heterocycles. The quantitative estimate of drug-likeness (QED) is 0.731. The summed E-state index contributed by atoms with van der Waals surface area (Å²) in [5, 5.41) is 16.3. The molecule has 5 heteroatoms. The molecule has 0 saturated heterocycles. The molecule has 0 aliphatic carbocycles. The van der Waals surface area contributed by atoms with E-state index in [9.17, 15) is 9.36 Å². The Labute approximate surface area is 82.4 Å². The highest BCUT2D eigenvalue weighted by molar-refractivity contribution is 7.27. The number of carboxylic acids is 1. The lowest BCUT2D eigenvalue weighted by Gasteiger charge is -2.12. The molecule has 2 unspecified atom stereocenters. The zero-order valence-corrected chi connectivity index (χ0v) is 8.30. The van der Waals surface area contributed by atoms with Gasteiger partial charge in [-0.2, -0.15) is 0 Å². The van der Waals surface area contributed by atoms with Gasteiger partial charge in [0.1, 0.15) is 6.61 Å². The molecule has 0 amide bonds. The summed E-state index contributed by atoms with van der Waals surface area (Å²) in [6.45, 7) is -0.672. The van der Waals surface area contributed by atoms with Gasteiger partial charge in [-0.1, -0.05) is 34.9 Å². The highest BCUT2D eigenvalue weighted by Crippen LogP contribution is 2.34. The van der Waals surface area contributed by atoms with Gasteiger partial charge in [0.25, 0.3) is 0 Å². The average molecular weight is 213 g/mol. The molecule has 0 radical (unpaired) electrons. The number of carboxylic acid groups (broad SMARTS) is 1. The largest absolute Gasteiger partial charge is 0.477 e. The van der Waals surface area contributed by atoms with Gasteiger partial charge in [-0.25, -0.2) is 4.79 Å². The molecule has 2 atom stereocenters. The number of benzene rings is 1. The van der Waals surface area contributed by atoms with Gasteiger partial charge in [-0.05, 0) is 0 Å². The highest BCUT2D eigenvalue weighted by Gasteiger charge is 2.49. The van der Waals surface area contributed by atoms with Gasteiger partial charge in [-0.15, -0.1) is 0 Å². The molecule has 14 heavy (non-hydrogen) atoms. The average Bonchev–Trinajstić information content (AvgIpc) is 2.22. The first-order valence-electron chi connectivity index (χ1n) is 3.96. The van der Waals surface area contributed by atoms with Crippen LogP contribution in [0.2, 0.25) is 0 Å². The summed E-state index contributed by atoms with van der Waals surface area (Å²) in [6.07, 6.45) is 0. The smallest absolute Gasteiger partial charge is 0.366 e. The van der Waals surface area contributed by atoms with Crippen LogP contribution in [-0.2, 0) is 14.5 Å². The van der Waals surface area contributed by atoms with Gasteiger partial charge < -0.3 is 10.2 Å². The second kappa shape index (κ2) is 4.31. The van der Waals surface area contributed by atoms with E-state index in [0.717, 1.165) is 0 Å². The standard InChI is InChI=1S/C9H9O4P/c10-6-9(14-13,8(11)12)7-4-2-1-3-5-7/h1-5,10H,6H2,(H,11,12)/p+1. The maximum Gasteiger partial charge on any atom is 0.366 e. The maximum absolute atomic E-state index is 10.9. The Balaban J connectivity index is 3.24. The van der Waals surface area contributed by atoms with Crippen molar-refractivity contribution in [1.82, 2.24) is 0 Å². The van der Waals surface area contributed by atoms with E-state index < -0.39 is 26.2 Å². The van der Waals surface area contributed by atoms with Crippen LogP contribution in [0.5, 0.6) is 0 Å². The Morgan fingerprint density at radius 1 is 1.36 bits per heavy atom. The van der Waals surface area contributed by atoms with Crippen molar-refractivity contribution >= 4 is 14.4 Å². The van der Waals surface area contributed by atoms with E-state index in [2.05, 4.69) is 0 Å². The maximum atomic E-state index is 10.9. The zero-order valence-electron chi connectivity index (χ0n) is 7.30. The molecule has 1 rings (SSSR count). The number of aliphatic carboxylic acids is 1. The molecular weight excluding hydrogens is 203 g/mol. The van der Waals surface area contributed by atoms with E-state index in [4.69, 9.17) is 10.2 Å². The molecule has 1 aromatic carbocycles.